The van der Waals surface area contributed by atoms with Crippen molar-refractivity contribution in [3.63, 3.8) is 0 Å². The van der Waals surface area contributed by atoms with Crippen LogP contribution in [0.3, 0.4) is 0 Å². The van der Waals surface area contributed by atoms with Crippen molar-refractivity contribution < 1.29 is 9.53 Å². The predicted molar refractivity (Wildman–Crippen MR) is 69.7 cm³/mol. The van der Waals surface area contributed by atoms with Crippen molar-refractivity contribution in [1.82, 2.24) is 4.84 Å². The average Bonchev–Trinajstić information content (AvgIpc) is 2.35. The summed E-state index contributed by atoms with van der Waals surface area (Å²) in [6.45, 7) is 2.89. The number of carbonyl (C=O) groups is 1. The van der Waals surface area contributed by atoms with Gasteiger partial charge in [0.15, 0.2) is 0 Å². The Kier molecular flexibility index (Phi) is 6.37. The Morgan fingerprint density at radius 2 is 2.35 bits per heavy atom. The first-order chi connectivity index (χ1) is 8.26. The fourth-order valence-electron chi connectivity index (χ4n) is 1.40. The first-order valence-corrected chi connectivity index (χ1v) is 5.91. The summed E-state index contributed by atoms with van der Waals surface area (Å²) in [5.41, 5.74) is 2.15. The zero-order chi connectivity index (χ0) is 12.5. The van der Waals surface area contributed by atoms with Crippen LogP contribution in [-0.4, -0.2) is 19.1 Å². The molecule has 92 valence electrons. The molecule has 0 heterocycles. The molecule has 0 unspecified atom stereocenters. The minimum absolute atomic E-state index is 0.319. The maximum atomic E-state index is 11.1. The summed E-state index contributed by atoms with van der Waals surface area (Å²) in [7, 11) is 0. The lowest BCUT2D eigenvalue weighted by Gasteiger charge is -2.01. The van der Waals surface area contributed by atoms with E-state index in [1.165, 1.54) is 11.6 Å². The first-order valence-electron chi connectivity index (χ1n) is 5.53. The Morgan fingerprint density at radius 1 is 1.53 bits per heavy atom. The molecule has 1 rings (SSSR count). The van der Waals surface area contributed by atoms with E-state index in [9.17, 15) is 4.79 Å². The molecule has 0 aliphatic carbocycles. The molecule has 0 aliphatic rings. The van der Waals surface area contributed by atoms with Crippen molar-refractivity contribution in [2.45, 2.75) is 13.3 Å². The molecular weight excluding hydrogens is 238 g/mol. The second-order valence-corrected chi connectivity index (χ2v) is 3.73. The lowest BCUT2D eigenvalue weighted by Crippen LogP contribution is -2.04. The number of benzene rings is 1. The number of halogens is 1. The molecular formula is C13H16ClNO2. The number of esters is 1. The lowest BCUT2D eigenvalue weighted by atomic mass is 10.1. The highest BCUT2D eigenvalue weighted by atomic mass is 35.5. The van der Waals surface area contributed by atoms with E-state index in [-0.39, 0.29) is 5.97 Å². The molecule has 0 amide bonds. The quantitative estimate of drug-likeness (QED) is 0.481. The molecule has 4 heteroatoms. The third kappa shape index (κ3) is 5.52. The number of hydrogen-bond donors (Lipinski definition) is 1. The SMILES string of the molecule is CCOC(=O)/C=C/c1cccc(CCNCl)c1. The van der Waals surface area contributed by atoms with E-state index in [2.05, 4.69) is 4.84 Å². The van der Waals surface area contributed by atoms with Crippen molar-refractivity contribution in [2.24, 2.45) is 0 Å². The number of carbonyl (C=O) groups excluding carboxylic acids is 1. The zero-order valence-electron chi connectivity index (χ0n) is 9.78. The maximum absolute atomic E-state index is 11.1. The van der Waals surface area contributed by atoms with Crippen molar-refractivity contribution in [1.29, 1.82) is 0 Å². The van der Waals surface area contributed by atoms with E-state index >= 15 is 0 Å². The fraction of sp³-hybridized carbons (Fsp3) is 0.308. The van der Waals surface area contributed by atoms with Crippen LogP contribution < -0.4 is 4.84 Å². The van der Waals surface area contributed by atoms with E-state index in [1.54, 1.807) is 13.0 Å². The van der Waals surface area contributed by atoms with E-state index in [0.717, 1.165) is 12.0 Å². The highest BCUT2D eigenvalue weighted by molar-refractivity contribution is 6.13. The van der Waals surface area contributed by atoms with Gasteiger partial charge in [0.25, 0.3) is 0 Å². The molecule has 0 aromatic heterocycles. The smallest absolute Gasteiger partial charge is 0.330 e. The Bertz CT molecular complexity index is 391. The van der Waals surface area contributed by atoms with Crippen molar-refractivity contribution in [3.05, 3.63) is 41.5 Å². The van der Waals surface area contributed by atoms with Gasteiger partial charge in [0.1, 0.15) is 0 Å². The number of rotatable bonds is 6. The van der Waals surface area contributed by atoms with Crippen LogP contribution in [-0.2, 0) is 16.0 Å². The fourth-order valence-corrected chi connectivity index (χ4v) is 1.49. The monoisotopic (exact) mass is 253 g/mol. The molecule has 0 radical (unpaired) electrons. The summed E-state index contributed by atoms with van der Waals surface area (Å²) in [5, 5.41) is 0. The summed E-state index contributed by atoms with van der Waals surface area (Å²) in [5.74, 6) is -0.319. The van der Waals surface area contributed by atoms with E-state index in [0.29, 0.717) is 13.2 Å². The van der Waals surface area contributed by atoms with Crippen molar-refractivity contribution in [2.75, 3.05) is 13.2 Å². The van der Waals surface area contributed by atoms with E-state index < -0.39 is 0 Å². The van der Waals surface area contributed by atoms with Crippen LogP contribution in [0, 0.1) is 0 Å². The minimum atomic E-state index is -0.319. The molecule has 0 atom stereocenters. The van der Waals surface area contributed by atoms with Gasteiger partial charge < -0.3 is 4.74 Å². The molecule has 0 saturated heterocycles. The van der Waals surface area contributed by atoms with Gasteiger partial charge in [-0.1, -0.05) is 24.3 Å². The van der Waals surface area contributed by atoms with Crippen LogP contribution in [0.25, 0.3) is 6.08 Å². The Morgan fingerprint density at radius 3 is 3.06 bits per heavy atom. The van der Waals surface area contributed by atoms with Gasteiger partial charge in [0.05, 0.1) is 6.61 Å². The molecule has 0 spiro atoms. The van der Waals surface area contributed by atoms with Crippen molar-refractivity contribution >= 4 is 23.8 Å². The highest BCUT2D eigenvalue weighted by Gasteiger charge is 1.96. The second-order valence-electron chi connectivity index (χ2n) is 3.46. The van der Waals surface area contributed by atoms with Gasteiger partial charge in [-0.3, -0.25) is 0 Å². The molecule has 0 saturated carbocycles. The van der Waals surface area contributed by atoms with Gasteiger partial charge in [-0.25, -0.2) is 9.63 Å². The van der Waals surface area contributed by atoms with Crippen LogP contribution in [0.4, 0.5) is 0 Å². The molecule has 0 fully saturated rings. The van der Waals surface area contributed by atoms with Crippen LogP contribution in [0.1, 0.15) is 18.1 Å². The summed E-state index contributed by atoms with van der Waals surface area (Å²) < 4.78 is 4.81. The van der Waals surface area contributed by atoms with Gasteiger partial charge in [-0.2, -0.15) is 0 Å². The third-order valence-corrected chi connectivity index (χ3v) is 2.35. The summed E-state index contributed by atoms with van der Waals surface area (Å²) in [4.78, 5) is 13.7. The topological polar surface area (TPSA) is 38.3 Å². The third-order valence-electron chi connectivity index (χ3n) is 2.16. The van der Waals surface area contributed by atoms with E-state index in [4.69, 9.17) is 16.5 Å². The largest absolute Gasteiger partial charge is 0.463 e. The summed E-state index contributed by atoms with van der Waals surface area (Å²) in [6, 6.07) is 7.93. The van der Waals surface area contributed by atoms with Gasteiger partial charge in [0, 0.05) is 12.6 Å². The van der Waals surface area contributed by atoms with Crippen LogP contribution in [0.2, 0.25) is 0 Å². The molecule has 0 aliphatic heterocycles. The predicted octanol–water partition coefficient (Wildman–Crippen LogP) is 2.55. The number of ether oxygens (including phenoxy) is 1. The molecule has 1 N–H and O–H groups in total. The van der Waals surface area contributed by atoms with Crippen LogP contribution in [0.15, 0.2) is 30.3 Å². The van der Waals surface area contributed by atoms with E-state index in [1.807, 2.05) is 24.3 Å². The van der Waals surface area contributed by atoms with Crippen LogP contribution >= 0.6 is 11.8 Å². The second kappa shape index (κ2) is 7.87. The minimum Gasteiger partial charge on any atom is -0.463 e. The van der Waals surface area contributed by atoms with Crippen molar-refractivity contribution in [3.8, 4) is 0 Å². The number of nitrogens with one attached hydrogen (secondary N) is 1. The Labute approximate surface area is 107 Å². The normalized spacial score (nSPS) is 10.7. The molecule has 0 bridgehead atoms. The first kappa shape index (κ1) is 13.7. The Balaban J connectivity index is 2.61. The van der Waals surface area contributed by atoms with Gasteiger partial charge >= 0.3 is 5.97 Å². The lowest BCUT2D eigenvalue weighted by molar-refractivity contribution is -0.137. The molecule has 1 aromatic carbocycles. The molecule has 3 nitrogen and oxygen atoms in total. The Hall–Kier alpha value is -1.32. The summed E-state index contributed by atoms with van der Waals surface area (Å²) >= 11 is 5.40. The summed E-state index contributed by atoms with van der Waals surface area (Å²) in [6.07, 6.45) is 4.03. The standard InChI is InChI=1S/C13H16ClNO2/c1-2-17-13(16)7-6-11-4-3-5-12(10-11)8-9-15-14/h3-7,10,15H,2,8-9H2,1H3/b7-6+. The van der Waals surface area contributed by atoms with Gasteiger partial charge in [-0.15, -0.1) is 0 Å². The molecule has 1 aromatic rings. The van der Waals surface area contributed by atoms with Crippen LogP contribution in [0.5, 0.6) is 0 Å². The zero-order valence-corrected chi connectivity index (χ0v) is 10.5. The number of hydrogen-bond acceptors (Lipinski definition) is 3. The highest BCUT2D eigenvalue weighted by Crippen LogP contribution is 2.07. The molecule has 17 heavy (non-hydrogen) atoms. The van der Waals surface area contributed by atoms with Gasteiger partial charge in [-0.05, 0) is 42.3 Å². The van der Waals surface area contributed by atoms with Gasteiger partial charge in [0.2, 0.25) is 0 Å². The average molecular weight is 254 g/mol. The maximum Gasteiger partial charge on any atom is 0.330 e.